The molecule has 1 aliphatic heterocycles. The molecule has 1 saturated heterocycles. The van der Waals surface area contributed by atoms with Gasteiger partial charge in [-0.15, -0.1) is 0 Å². The second-order valence-electron chi connectivity index (χ2n) is 6.66. The predicted octanol–water partition coefficient (Wildman–Crippen LogP) is 2.62. The van der Waals surface area contributed by atoms with Crippen LogP contribution in [0, 0.1) is 12.7 Å². The minimum Gasteiger partial charge on any atom is -0.398 e. The van der Waals surface area contributed by atoms with E-state index in [1.54, 1.807) is 22.9 Å². The summed E-state index contributed by atoms with van der Waals surface area (Å²) in [6, 6.07) is 8.42. The van der Waals surface area contributed by atoms with E-state index in [1.807, 2.05) is 40.7 Å². The molecule has 0 amide bonds. The molecule has 2 heterocycles. The van der Waals surface area contributed by atoms with Crippen LogP contribution in [0.25, 0.3) is 5.69 Å². The third kappa shape index (κ3) is 2.36. The Morgan fingerprint density at radius 2 is 1.68 bits per heavy atom. The lowest BCUT2D eigenvalue weighted by molar-refractivity contribution is 0.00578. The smallest absolute Gasteiger partial charge is 0.398 e. The van der Waals surface area contributed by atoms with Crippen molar-refractivity contribution in [2.75, 3.05) is 0 Å². The average molecular weight is 302 g/mol. The number of aryl methyl sites for hydroxylation is 1. The van der Waals surface area contributed by atoms with Gasteiger partial charge in [-0.2, -0.15) is 5.10 Å². The topological polar surface area (TPSA) is 36.3 Å². The molecule has 0 bridgehead atoms. The van der Waals surface area contributed by atoms with Gasteiger partial charge in [0.2, 0.25) is 0 Å². The van der Waals surface area contributed by atoms with Crippen LogP contribution in [-0.4, -0.2) is 28.1 Å². The molecule has 0 aliphatic carbocycles. The fourth-order valence-electron chi connectivity index (χ4n) is 2.47. The third-order valence-corrected chi connectivity index (χ3v) is 4.43. The Morgan fingerprint density at radius 1 is 1.09 bits per heavy atom. The second kappa shape index (κ2) is 4.93. The maximum absolute atomic E-state index is 14.1. The molecule has 0 unspecified atom stereocenters. The van der Waals surface area contributed by atoms with Gasteiger partial charge in [-0.3, -0.25) is 0 Å². The number of halogens is 1. The van der Waals surface area contributed by atoms with Gasteiger partial charge < -0.3 is 9.31 Å². The van der Waals surface area contributed by atoms with Crippen molar-refractivity contribution in [2.24, 2.45) is 0 Å². The summed E-state index contributed by atoms with van der Waals surface area (Å²) < 4.78 is 27.8. The van der Waals surface area contributed by atoms with E-state index in [9.17, 15) is 4.39 Å². The average Bonchev–Trinajstić information content (AvgIpc) is 2.88. The van der Waals surface area contributed by atoms with Crippen LogP contribution in [0.15, 0.2) is 30.3 Å². The zero-order chi connectivity index (χ0) is 16.1. The molecule has 4 nitrogen and oxygen atoms in total. The number of nitrogens with zero attached hydrogens (tertiary/aromatic N) is 2. The molecule has 116 valence electrons. The number of aromatic nitrogens is 2. The van der Waals surface area contributed by atoms with Crippen LogP contribution < -0.4 is 5.59 Å². The fraction of sp³-hybridized carbons (Fsp3) is 0.438. The molecular formula is C16H20BFN2O2. The highest BCUT2D eigenvalue weighted by atomic mass is 19.1. The molecule has 6 heteroatoms. The fourth-order valence-corrected chi connectivity index (χ4v) is 2.47. The molecule has 0 N–H and O–H groups in total. The lowest BCUT2D eigenvalue weighted by Gasteiger charge is -2.32. The van der Waals surface area contributed by atoms with Gasteiger partial charge in [0.25, 0.3) is 0 Å². The molecule has 1 aliphatic rings. The van der Waals surface area contributed by atoms with E-state index in [-0.39, 0.29) is 5.82 Å². The monoisotopic (exact) mass is 302 g/mol. The minimum atomic E-state index is -0.578. The Hall–Kier alpha value is -1.66. The Morgan fingerprint density at radius 3 is 2.27 bits per heavy atom. The molecule has 1 aromatic carbocycles. The van der Waals surface area contributed by atoms with Crippen molar-refractivity contribution in [3.05, 3.63) is 41.8 Å². The number of benzene rings is 1. The van der Waals surface area contributed by atoms with Gasteiger partial charge in [-0.25, -0.2) is 9.07 Å². The first-order valence-corrected chi connectivity index (χ1v) is 7.38. The van der Waals surface area contributed by atoms with E-state index < -0.39 is 18.3 Å². The van der Waals surface area contributed by atoms with E-state index in [0.717, 1.165) is 5.69 Å². The molecule has 0 spiro atoms. The molecule has 3 rings (SSSR count). The van der Waals surface area contributed by atoms with Crippen LogP contribution in [0.1, 0.15) is 33.4 Å². The van der Waals surface area contributed by atoms with Crippen LogP contribution in [0.2, 0.25) is 0 Å². The molecule has 1 fully saturated rings. The van der Waals surface area contributed by atoms with Gasteiger partial charge in [0.05, 0.1) is 28.2 Å². The summed E-state index contributed by atoms with van der Waals surface area (Å²) in [5.41, 5.74) is 0.973. The molecule has 22 heavy (non-hydrogen) atoms. The molecular weight excluding hydrogens is 282 g/mol. The summed E-state index contributed by atoms with van der Waals surface area (Å²) >= 11 is 0. The van der Waals surface area contributed by atoms with Crippen LogP contribution in [-0.2, 0) is 9.31 Å². The third-order valence-electron chi connectivity index (χ3n) is 4.43. The number of rotatable bonds is 2. The number of hydrogen-bond acceptors (Lipinski definition) is 3. The normalized spacial score (nSPS) is 19.6. The first kappa shape index (κ1) is 15.2. The van der Waals surface area contributed by atoms with Crippen molar-refractivity contribution in [3.63, 3.8) is 0 Å². The highest BCUT2D eigenvalue weighted by Crippen LogP contribution is 2.36. The van der Waals surface area contributed by atoms with Crippen molar-refractivity contribution in [1.29, 1.82) is 0 Å². The molecule has 2 aromatic rings. The van der Waals surface area contributed by atoms with Gasteiger partial charge in [0.15, 0.2) is 0 Å². The minimum absolute atomic E-state index is 0.330. The van der Waals surface area contributed by atoms with Crippen LogP contribution in [0.3, 0.4) is 0 Å². The predicted molar refractivity (Wildman–Crippen MR) is 84.0 cm³/mol. The van der Waals surface area contributed by atoms with Gasteiger partial charge in [-0.05, 0) is 52.8 Å². The van der Waals surface area contributed by atoms with E-state index in [4.69, 9.17) is 9.31 Å². The molecule has 0 saturated carbocycles. The Kier molecular flexibility index (Phi) is 3.42. The lowest BCUT2D eigenvalue weighted by Crippen LogP contribution is -2.41. The van der Waals surface area contributed by atoms with Crippen molar-refractivity contribution >= 4 is 12.7 Å². The van der Waals surface area contributed by atoms with Crippen molar-refractivity contribution in [1.82, 2.24) is 9.78 Å². The largest absolute Gasteiger partial charge is 0.514 e. The molecule has 1 aromatic heterocycles. The molecule has 0 radical (unpaired) electrons. The summed E-state index contributed by atoms with van der Waals surface area (Å²) in [4.78, 5) is 0. The SMILES string of the molecule is Cc1cc(B2OC(C)(C)C(C)(C)O2)n(-c2ccccc2F)n1. The number of hydrogen-bond donors (Lipinski definition) is 0. The van der Waals surface area contributed by atoms with Gasteiger partial charge in [0, 0.05) is 0 Å². The summed E-state index contributed by atoms with van der Waals surface area (Å²) in [7, 11) is -0.578. The first-order chi connectivity index (χ1) is 10.2. The molecule has 0 atom stereocenters. The van der Waals surface area contributed by atoms with Gasteiger partial charge >= 0.3 is 7.12 Å². The standard InChI is InChI=1S/C16H20BFN2O2/c1-11-10-14(17-21-15(2,3)16(4,5)22-17)20(19-11)13-9-7-6-8-12(13)18/h6-10H,1-5H3. The highest BCUT2D eigenvalue weighted by Gasteiger charge is 2.53. The summed E-state index contributed by atoms with van der Waals surface area (Å²) in [5.74, 6) is -0.330. The maximum atomic E-state index is 14.1. The van der Waals surface area contributed by atoms with Crippen LogP contribution in [0.4, 0.5) is 4.39 Å². The lowest BCUT2D eigenvalue weighted by atomic mass is 9.84. The van der Waals surface area contributed by atoms with E-state index >= 15 is 0 Å². The maximum Gasteiger partial charge on any atom is 0.514 e. The van der Waals surface area contributed by atoms with Gasteiger partial charge in [-0.1, -0.05) is 12.1 Å². The van der Waals surface area contributed by atoms with Crippen molar-refractivity contribution in [2.45, 2.75) is 45.8 Å². The summed E-state index contributed by atoms with van der Waals surface area (Å²) in [6.45, 7) is 9.83. The van der Waals surface area contributed by atoms with Crippen molar-refractivity contribution in [3.8, 4) is 5.69 Å². The highest BCUT2D eigenvalue weighted by molar-refractivity contribution is 6.61. The van der Waals surface area contributed by atoms with Crippen LogP contribution >= 0.6 is 0 Å². The van der Waals surface area contributed by atoms with E-state index in [0.29, 0.717) is 11.3 Å². The number of para-hydroxylation sites is 1. The second-order valence-corrected chi connectivity index (χ2v) is 6.66. The summed E-state index contributed by atoms with van der Waals surface area (Å²) in [5, 5.41) is 4.40. The quantitative estimate of drug-likeness (QED) is 0.800. The summed E-state index contributed by atoms with van der Waals surface area (Å²) in [6.07, 6.45) is 0. The Balaban J connectivity index is 2.06. The van der Waals surface area contributed by atoms with Crippen molar-refractivity contribution < 1.29 is 13.7 Å². The Bertz CT molecular complexity index is 696. The zero-order valence-corrected chi connectivity index (χ0v) is 13.6. The van der Waals surface area contributed by atoms with Crippen LogP contribution in [0.5, 0.6) is 0 Å². The van der Waals surface area contributed by atoms with E-state index in [1.165, 1.54) is 6.07 Å². The van der Waals surface area contributed by atoms with Gasteiger partial charge in [0.1, 0.15) is 5.82 Å². The Labute approximate surface area is 130 Å². The zero-order valence-electron chi connectivity index (χ0n) is 13.6. The van der Waals surface area contributed by atoms with E-state index in [2.05, 4.69) is 5.10 Å². The first-order valence-electron chi connectivity index (χ1n) is 7.38.